The average Bonchev–Trinajstić information content (AvgIpc) is 3.76. The Hall–Kier alpha value is -4.85. The Morgan fingerprint density at radius 3 is 2.36 bits per heavy atom. The van der Waals surface area contributed by atoms with E-state index in [2.05, 4.69) is 27.0 Å². The highest BCUT2D eigenvalue weighted by atomic mass is 16.6. The lowest BCUT2D eigenvalue weighted by atomic mass is 10.1. The number of nitrogens with zero attached hydrogens (tertiary/aromatic N) is 5. The maximum absolute atomic E-state index is 12.9. The van der Waals surface area contributed by atoms with Crippen LogP contribution in [-0.2, 0) is 9.47 Å². The molecule has 4 aromatic rings. The number of rotatable bonds is 6. The lowest BCUT2D eigenvalue weighted by molar-refractivity contribution is 0.0164. The number of ether oxygens (including phenoxy) is 2. The number of carbonyl (C=O) groups is 2. The van der Waals surface area contributed by atoms with Gasteiger partial charge in [-0.15, -0.1) is 0 Å². The van der Waals surface area contributed by atoms with Crippen LogP contribution >= 0.6 is 0 Å². The van der Waals surface area contributed by atoms with Crippen LogP contribution in [0.5, 0.6) is 0 Å². The minimum atomic E-state index is -0.577. The topological polar surface area (TPSA) is 129 Å². The molecule has 47 heavy (non-hydrogen) atoms. The van der Waals surface area contributed by atoms with Crippen LogP contribution in [0.1, 0.15) is 110 Å². The summed E-state index contributed by atoms with van der Waals surface area (Å²) in [4.78, 5) is 41.9. The van der Waals surface area contributed by atoms with Crippen LogP contribution in [0.2, 0.25) is 0 Å². The van der Waals surface area contributed by atoms with Crippen molar-refractivity contribution in [1.82, 2.24) is 34.9 Å². The number of fused-ring (bicyclic) bond motifs is 1. The first-order valence-corrected chi connectivity index (χ1v) is 16.2. The van der Waals surface area contributed by atoms with Crippen molar-refractivity contribution >= 4 is 23.2 Å². The van der Waals surface area contributed by atoms with Gasteiger partial charge in [-0.3, -0.25) is 14.9 Å². The molecule has 1 aliphatic heterocycles. The number of aromatic nitrogens is 5. The average molecular weight is 640 g/mol. The van der Waals surface area contributed by atoms with E-state index in [1.807, 2.05) is 97.9 Å². The van der Waals surface area contributed by atoms with Gasteiger partial charge < -0.3 is 14.5 Å². The first-order chi connectivity index (χ1) is 22.2. The summed E-state index contributed by atoms with van der Waals surface area (Å²) in [7, 11) is 0. The van der Waals surface area contributed by atoms with Gasteiger partial charge in [0, 0.05) is 29.8 Å². The van der Waals surface area contributed by atoms with Crippen molar-refractivity contribution in [3.8, 4) is 23.2 Å². The third-order valence-electron chi connectivity index (χ3n) is 7.65. The third kappa shape index (κ3) is 8.30. The van der Waals surface area contributed by atoms with Crippen molar-refractivity contribution in [2.75, 3.05) is 13.1 Å². The number of benzene rings is 2. The van der Waals surface area contributed by atoms with Gasteiger partial charge in [0.15, 0.2) is 5.82 Å². The molecular formula is C36H45N7O4. The molecule has 1 fully saturated rings. The van der Waals surface area contributed by atoms with Gasteiger partial charge in [0.2, 0.25) is 0 Å². The van der Waals surface area contributed by atoms with Gasteiger partial charge in [-0.05, 0) is 110 Å². The van der Waals surface area contributed by atoms with Gasteiger partial charge in [-0.25, -0.2) is 19.6 Å². The molecule has 0 saturated carbocycles. The first-order valence-electron chi connectivity index (χ1n) is 16.2. The van der Waals surface area contributed by atoms with E-state index in [0.29, 0.717) is 30.6 Å². The second-order valence-corrected chi connectivity index (χ2v) is 13.9. The molecule has 2 aromatic heterocycles. The number of likely N-dealkylation sites (tertiary alicyclic amines) is 1. The highest BCUT2D eigenvalue weighted by molar-refractivity contribution is 5.77. The Morgan fingerprint density at radius 1 is 1.00 bits per heavy atom. The Bertz CT molecular complexity index is 1780. The molecule has 1 unspecified atom stereocenters. The second-order valence-electron chi connectivity index (χ2n) is 13.9. The fraction of sp³-hybridized carbons (Fsp3) is 0.472. The molecule has 0 aliphatic carbocycles. The Labute approximate surface area is 276 Å². The van der Waals surface area contributed by atoms with Crippen molar-refractivity contribution in [2.24, 2.45) is 0 Å². The molecule has 11 heteroatoms. The van der Waals surface area contributed by atoms with E-state index < -0.39 is 11.2 Å². The van der Waals surface area contributed by atoms with Crippen molar-refractivity contribution in [2.45, 2.75) is 97.9 Å². The normalized spacial score (nSPS) is 15.7. The van der Waals surface area contributed by atoms with E-state index >= 15 is 0 Å². The molecule has 5 rings (SSSR count). The Kier molecular flexibility index (Phi) is 9.61. The van der Waals surface area contributed by atoms with E-state index in [-0.39, 0.29) is 24.3 Å². The summed E-state index contributed by atoms with van der Waals surface area (Å²) in [6, 6.07) is 13.1. The van der Waals surface area contributed by atoms with Crippen molar-refractivity contribution < 1.29 is 19.1 Å². The molecule has 1 saturated heterocycles. The molecule has 2 amide bonds. The number of nitrogens with one attached hydrogen (secondary N) is 2. The fourth-order valence-corrected chi connectivity index (χ4v) is 5.44. The summed E-state index contributed by atoms with van der Waals surface area (Å²) in [5, 5.41) is 7.45. The van der Waals surface area contributed by atoms with E-state index in [0.717, 1.165) is 47.0 Å². The predicted octanol–water partition coefficient (Wildman–Crippen LogP) is 7.53. The molecule has 1 aliphatic rings. The number of hydrogen-bond donors (Lipinski definition) is 2. The van der Waals surface area contributed by atoms with Gasteiger partial charge in [0.05, 0.1) is 23.1 Å². The third-order valence-corrected chi connectivity index (χ3v) is 7.65. The van der Waals surface area contributed by atoms with Gasteiger partial charge in [-0.2, -0.15) is 5.10 Å². The highest BCUT2D eigenvalue weighted by Gasteiger charge is 2.35. The molecular weight excluding hydrogens is 594 g/mol. The van der Waals surface area contributed by atoms with Gasteiger partial charge in [-0.1, -0.05) is 18.8 Å². The van der Waals surface area contributed by atoms with Gasteiger partial charge >= 0.3 is 12.2 Å². The zero-order chi connectivity index (χ0) is 33.9. The van der Waals surface area contributed by atoms with Crippen LogP contribution in [0, 0.1) is 11.8 Å². The van der Waals surface area contributed by atoms with Crippen LogP contribution in [0.15, 0.2) is 42.5 Å². The van der Waals surface area contributed by atoms with Crippen LogP contribution in [0.25, 0.3) is 22.4 Å². The standard InChI is InChI=1S/C36H45N7O4/c1-9-20-42(33(44)46-35(3,4)5)23(2)30-37-27-19-16-25(22-28(27)38-30)13-12-24-14-17-26(18-15-24)31-39-32(41-40-31)29-11-10-21-43(29)34(45)47-36(6,7)8/h14-19,22-23,29H,9-11,20-21H2,1-8H3,(H,37,38)(H,39,40,41)/t23?,29-/m0/s1. The minimum absolute atomic E-state index is 0.192. The summed E-state index contributed by atoms with van der Waals surface area (Å²) in [5.74, 6) is 8.38. The zero-order valence-corrected chi connectivity index (χ0v) is 28.6. The zero-order valence-electron chi connectivity index (χ0n) is 28.6. The lowest BCUT2D eigenvalue weighted by Crippen LogP contribution is -2.39. The molecule has 248 valence electrons. The van der Waals surface area contributed by atoms with Crippen molar-refractivity contribution in [1.29, 1.82) is 0 Å². The minimum Gasteiger partial charge on any atom is -0.444 e. The summed E-state index contributed by atoms with van der Waals surface area (Å²) in [6.45, 7) is 16.4. The number of imidazole rings is 1. The number of aromatic amines is 2. The number of hydrogen-bond acceptors (Lipinski definition) is 7. The molecule has 3 heterocycles. The number of carbonyl (C=O) groups excluding carboxylic acids is 2. The maximum Gasteiger partial charge on any atom is 0.410 e. The number of H-pyrrole nitrogens is 2. The van der Waals surface area contributed by atoms with E-state index in [1.165, 1.54) is 0 Å². The monoisotopic (exact) mass is 639 g/mol. The molecule has 0 spiro atoms. The van der Waals surface area contributed by atoms with Crippen LogP contribution in [0.3, 0.4) is 0 Å². The van der Waals surface area contributed by atoms with E-state index in [9.17, 15) is 9.59 Å². The summed E-state index contributed by atoms with van der Waals surface area (Å²) >= 11 is 0. The molecule has 0 bridgehead atoms. The summed E-state index contributed by atoms with van der Waals surface area (Å²) in [5.41, 5.74) is 3.04. The summed E-state index contributed by atoms with van der Waals surface area (Å²) in [6.07, 6.45) is 1.80. The van der Waals surface area contributed by atoms with E-state index in [1.54, 1.807) is 9.80 Å². The Morgan fingerprint density at radius 2 is 1.68 bits per heavy atom. The number of amides is 2. The first kappa shape index (κ1) is 33.5. The largest absolute Gasteiger partial charge is 0.444 e. The van der Waals surface area contributed by atoms with Crippen LogP contribution in [0.4, 0.5) is 9.59 Å². The van der Waals surface area contributed by atoms with Gasteiger partial charge in [0.25, 0.3) is 0 Å². The lowest BCUT2D eigenvalue weighted by Gasteiger charge is -2.30. The quantitative estimate of drug-likeness (QED) is 0.209. The highest BCUT2D eigenvalue weighted by Crippen LogP contribution is 2.32. The van der Waals surface area contributed by atoms with Crippen LogP contribution in [-0.4, -0.2) is 71.4 Å². The van der Waals surface area contributed by atoms with Crippen LogP contribution < -0.4 is 0 Å². The molecule has 2 aromatic carbocycles. The Balaban J connectivity index is 1.26. The van der Waals surface area contributed by atoms with E-state index in [4.69, 9.17) is 19.4 Å². The summed E-state index contributed by atoms with van der Waals surface area (Å²) < 4.78 is 11.2. The SMILES string of the molecule is CCCN(C(=O)OC(C)(C)C)C(C)c1nc2cc(C#Cc3ccc(-c4n[nH]c([C@@H]5CCCN5C(=O)OC(C)(C)C)n4)cc3)ccc2[nH]1. The smallest absolute Gasteiger partial charge is 0.410 e. The molecule has 2 atom stereocenters. The predicted molar refractivity (Wildman–Crippen MR) is 180 cm³/mol. The maximum atomic E-state index is 12.9. The van der Waals surface area contributed by atoms with Gasteiger partial charge in [0.1, 0.15) is 22.9 Å². The molecule has 0 radical (unpaired) electrons. The molecule has 2 N–H and O–H groups in total. The fourth-order valence-electron chi connectivity index (χ4n) is 5.44. The van der Waals surface area contributed by atoms with Crippen molar-refractivity contribution in [3.63, 3.8) is 0 Å². The molecule has 11 nitrogen and oxygen atoms in total. The second kappa shape index (κ2) is 13.5. The van der Waals surface area contributed by atoms with Crippen molar-refractivity contribution in [3.05, 3.63) is 65.2 Å².